The van der Waals surface area contributed by atoms with Crippen LogP contribution >= 0.6 is 0 Å². The molecule has 2 aromatic rings. The van der Waals surface area contributed by atoms with E-state index in [1.807, 2.05) is 12.1 Å². The third-order valence-corrected chi connectivity index (χ3v) is 4.14. The van der Waals surface area contributed by atoms with Crippen molar-refractivity contribution in [2.45, 2.75) is 25.3 Å². The second kappa shape index (κ2) is 5.06. The molecule has 3 rings (SSSR count). The Bertz CT molecular complexity index is 562. The summed E-state index contributed by atoms with van der Waals surface area (Å²) in [6, 6.07) is 16.1. The minimum Gasteiger partial charge on any atom is -0.508 e. The number of hydrogen-bond donors (Lipinski definition) is 2. The second-order valence-corrected chi connectivity index (χ2v) is 5.39. The van der Waals surface area contributed by atoms with Crippen LogP contribution in [0, 0.1) is 5.92 Å². The van der Waals surface area contributed by atoms with Crippen molar-refractivity contribution in [2.75, 3.05) is 0 Å². The van der Waals surface area contributed by atoms with Gasteiger partial charge < -0.3 is 10.8 Å². The number of benzene rings is 2. The zero-order valence-electron chi connectivity index (χ0n) is 10.9. The monoisotopic (exact) mass is 253 g/mol. The van der Waals surface area contributed by atoms with Gasteiger partial charge in [-0.25, -0.2) is 0 Å². The SMILES string of the molecule is NC1c2ccccc2CCC1Cc1ccc(O)cc1. The largest absolute Gasteiger partial charge is 0.508 e. The second-order valence-electron chi connectivity index (χ2n) is 5.39. The fourth-order valence-corrected chi connectivity index (χ4v) is 3.03. The predicted octanol–water partition coefficient (Wildman–Crippen LogP) is 3.20. The molecule has 0 aliphatic heterocycles. The number of aromatic hydroxyl groups is 1. The molecule has 98 valence electrons. The number of rotatable bonds is 2. The average molecular weight is 253 g/mol. The Morgan fingerprint density at radius 2 is 1.79 bits per heavy atom. The molecule has 0 amide bonds. The van der Waals surface area contributed by atoms with Gasteiger partial charge in [0, 0.05) is 6.04 Å². The van der Waals surface area contributed by atoms with E-state index in [0.29, 0.717) is 11.7 Å². The van der Waals surface area contributed by atoms with E-state index in [2.05, 4.69) is 24.3 Å². The van der Waals surface area contributed by atoms with E-state index in [-0.39, 0.29) is 6.04 Å². The van der Waals surface area contributed by atoms with Crippen LogP contribution in [0.15, 0.2) is 48.5 Å². The lowest BCUT2D eigenvalue weighted by Gasteiger charge is -2.31. The Kier molecular flexibility index (Phi) is 3.26. The fourth-order valence-electron chi connectivity index (χ4n) is 3.03. The topological polar surface area (TPSA) is 46.2 Å². The summed E-state index contributed by atoms with van der Waals surface area (Å²) in [5.74, 6) is 0.807. The van der Waals surface area contributed by atoms with E-state index >= 15 is 0 Å². The molecule has 3 N–H and O–H groups in total. The lowest BCUT2D eigenvalue weighted by molar-refractivity contribution is 0.376. The maximum atomic E-state index is 9.32. The molecule has 2 atom stereocenters. The lowest BCUT2D eigenvalue weighted by atomic mass is 9.77. The average Bonchev–Trinajstić information content (AvgIpc) is 2.45. The first-order chi connectivity index (χ1) is 9.24. The van der Waals surface area contributed by atoms with E-state index in [9.17, 15) is 5.11 Å². The molecule has 0 saturated carbocycles. The van der Waals surface area contributed by atoms with Gasteiger partial charge in [-0.3, -0.25) is 0 Å². The third kappa shape index (κ3) is 2.49. The van der Waals surface area contributed by atoms with Crippen molar-refractivity contribution < 1.29 is 5.11 Å². The van der Waals surface area contributed by atoms with Crippen molar-refractivity contribution in [2.24, 2.45) is 11.7 Å². The molecular weight excluding hydrogens is 234 g/mol. The number of phenolic OH excluding ortho intramolecular Hbond substituents is 1. The Hall–Kier alpha value is -1.80. The summed E-state index contributed by atoms with van der Waals surface area (Å²) in [5, 5.41) is 9.32. The molecule has 19 heavy (non-hydrogen) atoms. The predicted molar refractivity (Wildman–Crippen MR) is 77.0 cm³/mol. The standard InChI is InChI=1S/C17H19NO/c18-17-14(11-12-5-9-15(19)10-6-12)8-7-13-3-1-2-4-16(13)17/h1-6,9-10,14,17,19H,7-8,11,18H2. The first kappa shape index (κ1) is 12.2. The summed E-state index contributed by atoms with van der Waals surface area (Å²) in [7, 11) is 0. The van der Waals surface area contributed by atoms with Crippen molar-refractivity contribution in [3.05, 3.63) is 65.2 Å². The summed E-state index contributed by atoms with van der Waals surface area (Å²) in [4.78, 5) is 0. The maximum Gasteiger partial charge on any atom is 0.115 e. The molecule has 0 spiro atoms. The van der Waals surface area contributed by atoms with E-state index in [0.717, 1.165) is 19.3 Å². The van der Waals surface area contributed by atoms with Crippen molar-refractivity contribution in [1.29, 1.82) is 0 Å². The van der Waals surface area contributed by atoms with Gasteiger partial charge >= 0.3 is 0 Å². The van der Waals surface area contributed by atoms with Crippen molar-refractivity contribution >= 4 is 0 Å². The quantitative estimate of drug-likeness (QED) is 0.863. The highest BCUT2D eigenvalue weighted by Crippen LogP contribution is 2.34. The fraction of sp³-hybridized carbons (Fsp3) is 0.294. The molecule has 0 heterocycles. The minimum absolute atomic E-state index is 0.124. The van der Waals surface area contributed by atoms with Crippen LogP contribution in [0.25, 0.3) is 0 Å². The molecule has 2 aromatic carbocycles. The van der Waals surface area contributed by atoms with Crippen molar-refractivity contribution in [3.8, 4) is 5.75 Å². The zero-order chi connectivity index (χ0) is 13.2. The number of hydrogen-bond acceptors (Lipinski definition) is 2. The molecule has 0 fully saturated rings. The van der Waals surface area contributed by atoms with Gasteiger partial charge in [0.1, 0.15) is 5.75 Å². The maximum absolute atomic E-state index is 9.32. The van der Waals surface area contributed by atoms with Crippen LogP contribution in [0.2, 0.25) is 0 Å². The smallest absolute Gasteiger partial charge is 0.115 e. The summed E-state index contributed by atoms with van der Waals surface area (Å²) in [5.41, 5.74) is 10.4. The molecule has 2 nitrogen and oxygen atoms in total. The van der Waals surface area contributed by atoms with Crippen LogP contribution in [0.4, 0.5) is 0 Å². The molecule has 0 radical (unpaired) electrons. The van der Waals surface area contributed by atoms with E-state index < -0.39 is 0 Å². The van der Waals surface area contributed by atoms with Crippen LogP contribution in [0.3, 0.4) is 0 Å². The van der Waals surface area contributed by atoms with Crippen molar-refractivity contribution in [1.82, 2.24) is 0 Å². The molecule has 2 unspecified atom stereocenters. The summed E-state index contributed by atoms with van der Waals surface area (Å²) in [6.07, 6.45) is 3.24. The molecule has 1 aliphatic carbocycles. The van der Waals surface area contributed by atoms with Crippen LogP contribution < -0.4 is 5.73 Å². The van der Waals surface area contributed by atoms with Gasteiger partial charge in [-0.1, -0.05) is 36.4 Å². The van der Waals surface area contributed by atoms with Crippen LogP contribution in [-0.4, -0.2) is 5.11 Å². The molecule has 0 aromatic heterocycles. The first-order valence-corrected chi connectivity index (χ1v) is 6.85. The van der Waals surface area contributed by atoms with Gasteiger partial charge in [0.2, 0.25) is 0 Å². The summed E-state index contributed by atoms with van der Waals surface area (Å²) in [6.45, 7) is 0. The van der Waals surface area contributed by atoms with Gasteiger partial charge in [-0.05, 0) is 54.0 Å². The lowest BCUT2D eigenvalue weighted by Crippen LogP contribution is -2.28. The van der Waals surface area contributed by atoms with Gasteiger partial charge in [0.15, 0.2) is 0 Å². The highest BCUT2D eigenvalue weighted by atomic mass is 16.3. The van der Waals surface area contributed by atoms with E-state index in [1.54, 1.807) is 12.1 Å². The normalized spacial score (nSPS) is 21.9. The highest BCUT2D eigenvalue weighted by Gasteiger charge is 2.26. The highest BCUT2D eigenvalue weighted by molar-refractivity contribution is 5.34. The van der Waals surface area contributed by atoms with Crippen LogP contribution in [0.5, 0.6) is 5.75 Å². The van der Waals surface area contributed by atoms with Gasteiger partial charge in [0.25, 0.3) is 0 Å². The van der Waals surface area contributed by atoms with E-state index in [1.165, 1.54) is 16.7 Å². The Morgan fingerprint density at radius 3 is 2.58 bits per heavy atom. The van der Waals surface area contributed by atoms with E-state index in [4.69, 9.17) is 5.73 Å². The molecule has 2 heteroatoms. The molecule has 0 bridgehead atoms. The number of nitrogens with two attached hydrogens (primary N) is 1. The van der Waals surface area contributed by atoms with Crippen molar-refractivity contribution in [3.63, 3.8) is 0 Å². The molecule has 1 aliphatic rings. The number of phenols is 1. The summed E-state index contributed by atoms with van der Waals surface area (Å²) < 4.78 is 0. The minimum atomic E-state index is 0.124. The van der Waals surface area contributed by atoms with Crippen LogP contribution in [0.1, 0.15) is 29.2 Å². The molecular formula is C17H19NO. The zero-order valence-corrected chi connectivity index (χ0v) is 10.9. The molecule has 0 saturated heterocycles. The Balaban J connectivity index is 1.79. The van der Waals surface area contributed by atoms with Gasteiger partial charge in [-0.2, -0.15) is 0 Å². The number of fused-ring (bicyclic) bond motifs is 1. The number of aryl methyl sites for hydroxylation is 1. The Morgan fingerprint density at radius 1 is 1.05 bits per heavy atom. The third-order valence-electron chi connectivity index (χ3n) is 4.14. The van der Waals surface area contributed by atoms with Gasteiger partial charge in [0.05, 0.1) is 0 Å². The Labute approximate surface area is 113 Å². The van der Waals surface area contributed by atoms with Crippen LogP contribution in [-0.2, 0) is 12.8 Å². The summed E-state index contributed by atoms with van der Waals surface area (Å²) >= 11 is 0. The first-order valence-electron chi connectivity index (χ1n) is 6.85. The van der Waals surface area contributed by atoms with Gasteiger partial charge in [-0.15, -0.1) is 0 Å².